The normalized spacial score (nSPS) is 11.3. The molecule has 0 saturated heterocycles. The van der Waals surface area contributed by atoms with E-state index in [0.717, 1.165) is 23.0 Å². The van der Waals surface area contributed by atoms with E-state index in [1.54, 1.807) is 0 Å². The lowest BCUT2D eigenvalue weighted by molar-refractivity contribution is -0.116. The Morgan fingerprint density at radius 2 is 2.00 bits per heavy atom. The number of nitrogens with two attached hydrogens (primary N) is 1. The first-order chi connectivity index (χ1) is 8.44. The van der Waals surface area contributed by atoms with Crippen molar-refractivity contribution in [3.8, 4) is 0 Å². The number of carbonyl (C=O) groups excluding carboxylic acids is 1. The molecule has 1 aromatic rings. The Labute approximate surface area is 117 Å². The first-order valence-corrected chi connectivity index (χ1v) is 6.98. The minimum absolute atomic E-state index is 0.0481. The maximum absolute atomic E-state index is 11.9. The van der Waals surface area contributed by atoms with Gasteiger partial charge >= 0.3 is 0 Å². The highest BCUT2D eigenvalue weighted by Gasteiger charge is 2.18. The van der Waals surface area contributed by atoms with Crippen LogP contribution in [0.2, 0.25) is 0 Å². The summed E-state index contributed by atoms with van der Waals surface area (Å²) in [5.41, 5.74) is 6.50. The van der Waals surface area contributed by atoms with E-state index >= 15 is 0 Å². The van der Waals surface area contributed by atoms with Crippen LogP contribution in [-0.4, -0.2) is 12.5 Å². The molecule has 100 valence electrons. The largest absolute Gasteiger partial charge is 0.330 e. The highest BCUT2D eigenvalue weighted by atomic mass is 79.9. The van der Waals surface area contributed by atoms with Crippen LogP contribution in [0, 0.1) is 5.41 Å². The van der Waals surface area contributed by atoms with Crippen LogP contribution in [0.5, 0.6) is 0 Å². The summed E-state index contributed by atoms with van der Waals surface area (Å²) in [5.74, 6) is 0.0481. The van der Waals surface area contributed by atoms with Crippen molar-refractivity contribution in [2.45, 2.75) is 33.1 Å². The third kappa shape index (κ3) is 5.19. The summed E-state index contributed by atoms with van der Waals surface area (Å²) in [4.78, 5) is 11.9. The van der Waals surface area contributed by atoms with Crippen LogP contribution in [-0.2, 0) is 4.79 Å². The Morgan fingerprint density at radius 3 is 2.61 bits per heavy atom. The highest BCUT2D eigenvalue weighted by molar-refractivity contribution is 9.10. The number of rotatable bonds is 6. The summed E-state index contributed by atoms with van der Waals surface area (Å²) in [6.45, 7) is 4.95. The molecule has 0 heterocycles. The zero-order valence-electron chi connectivity index (χ0n) is 11.0. The lowest BCUT2D eigenvalue weighted by atomic mass is 9.84. The van der Waals surface area contributed by atoms with Crippen LogP contribution >= 0.6 is 15.9 Å². The minimum atomic E-state index is 0.0481. The van der Waals surface area contributed by atoms with Crippen LogP contribution in [0.4, 0.5) is 5.69 Å². The number of carbonyl (C=O) groups is 1. The monoisotopic (exact) mass is 312 g/mol. The smallest absolute Gasteiger partial charge is 0.224 e. The molecule has 0 fully saturated rings. The van der Waals surface area contributed by atoms with E-state index in [2.05, 4.69) is 35.1 Å². The van der Waals surface area contributed by atoms with Gasteiger partial charge in [-0.3, -0.25) is 4.79 Å². The number of nitrogens with one attached hydrogen (secondary N) is 1. The van der Waals surface area contributed by atoms with Gasteiger partial charge in [-0.1, -0.05) is 26.0 Å². The molecular weight excluding hydrogens is 292 g/mol. The van der Waals surface area contributed by atoms with Crippen molar-refractivity contribution < 1.29 is 4.79 Å². The summed E-state index contributed by atoms with van der Waals surface area (Å²) in [6, 6.07) is 7.61. The highest BCUT2D eigenvalue weighted by Crippen LogP contribution is 2.27. The molecule has 18 heavy (non-hydrogen) atoms. The van der Waals surface area contributed by atoms with E-state index in [4.69, 9.17) is 5.73 Å². The first-order valence-electron chi connectivity index (χ1n) is 6.19. The third-order valence-electron chi connectivity index (χ3n) is 3.00. The van der Waals surface area contributed by atoms with Gasteiger partial charge in [0.2, 0.25) is 5.91 Å². The Bertz CT molecular complexity index is 405. The van der Waals surface area contributed by atoms with Crippen LogP contribution in [0.3, 0.4) is 0 Å². The van der Waals surface area contributed by atoms with Crippen molar-refractivity contribution in [2.75, 3.05) is 11.9 Å². The van der Waals surface area contributed by atoms with E-state index < -0.39 is 0 Å². The van der Waals surface area contributed by atoms with E-state index in [9.17, 15) is 4.79 Å². The third-order valence-corrected chi connectivity index (χ3v) is 3.69. The van der Waals surface area contributed by atoms with E-state index in [1.165, 1.54) is 0 Å². The van der Waals surface area contributed by atoms with E-state index in [0.29, 0.717) is 13.0 Å². The molecule has 0 atom stereocenters. The molecule has 0 aromatic heterocycles. The van der Waals surface area contributed by atoms with Crippen LogP contribution in [0.1, 0.15) is 33.1 Å². The van der Waals surface area contributed by atoms with Crippen molar-refractivity contribution in [3.05, 3.63) is 28.7 Å². The van der Waals surface area contributed by atoms with Gasteiger partial charge < -0.3 is 11.1 Å². The predicted octanol–water partition coefficient (Wildman–Crippen LogP) is 3.54. The summed E-state index contributed by atoms with van der Waals surface area (Å²) in [6.07, 6.45) is 2.31. The Balaban J connectivity index is 2.46. The van der Waals surface area contributed by atoms with E-state index in [-0.39, 0.29) is 11.3 Å². The number of hydrogen-bond donors (Lipinski definition) is 2. The van der Waals surface area contributed by atoms with Crippen molar-refractivity contribution >= 4 is 27.5 Å². The Kier molecular flexibility index (Phi) is 5.82. The predicted molar refractivity (Wildman–Crippen MR) is 79.5 cm³/mol. The molecule has 0 saturated carbocycles. The zero-order valence-corrected chi connectivity index (χ0v) is 12.6. The van der Waals surface area contributed by atoms with Crippen LogP contribution < -0.4 is 11.1 Å². The van der Waals surface area contributed by atoms with Gasteiger partial charge in [0.25, 0.3) is 0 Å². The summed E-state index contributed by atoms with van der Waals surface area (Å²) in [7, 11) is 0. The van der Waals surface area contributed by atoms with Crippen molar-refractivity contribution in [1.29, 1.82) is 0 Å². The van der Waals surface area contributed by atoms with Crippen molar-refractivity contribution in [3.63, 3.8) is 0 Å². The fourth-order valence-corrected chi connectivity index (χ4v) is 2.13. The summed E-state index contributed by atoms with van der Waals surface area (Å²) >= 11 is 3.41. The van der Waals surface area contributed by atoms with Crippen LogP contribution in [0.15, 0.2) is 28.7 Å². The average molecular weight is 313 g/mol. The molecule has 3 nitrogen and oxygen atoms in total. The second-order valence-corrected chi connectivity index (χ2v) is 6.09. The fraction of sp³-hybridized carbons (Fsp3) is 0.500. The number of benzene rings is 1. The lowest BCUT2D eigenvalue weighted by Crippen LogP contribution is -2.20. The Hall–Kier alpha value is -0.870. The van der Waals surface area contributed by atoms with Gasteiger partial charge in [-0.15, -0.1) is 0 Å². The molecular formula is C14H21BrN2O. The molecule has 4 heteroatoms. The fourth-order valence-electron chi connectivity index (χ4n) is 1.74. The molecule has 0 radical (unpaired) electrons. The molecule has 1 amide bonds. The number of hydrogen-bond acceptors (Lipinski definition) is 2. The number of halogens is 1. The number of para-hydroxylation sites is 1. The van der Waals surface area contributed by atoms with Crippen LogP contribution in [0.25, 0.3) is 0 Å². The Morgan fingerprint density at radius 1 is 1.33 bits per heavy atom. The minimum Gasteiger partial charge on any atom is -0.330 e. The lowest BCUT2D eigenvalue weighted by Gasteiger charge is -2.23. The first kappa shape index (κ1) is 15.2. The second-order valence-electron chi connectivity index (χ2n) is 5.23. The maximum Gasteiger partial charge on any atom is 0.224 e. The summed E-state index contributed by atoms with van der Waals surface area (Å²) < 4.78 is 0.902. The molecule has 0 unspecified atom stereocenters. The molecule has 0 spiro atoms. The number of anilines is 1. The van der Waals surface area contributed by atoms with Gasteiger partial charge in [0.1, 0.15) is 0 Å². The average Bonchev–Trinajstić information content (AvgIpc) is 2.30. The molecule has 0 aliphatic carbocycles. The standard InChI is InChI=1S/C14H21BrN2O/c1-14(2,9-10-16)8-7-13(18)17-12-6-4-3-5-11(12)15/h3-6H,7-10,16H2,1-2H3,(H,17,18). The molecule has 1 rings (SSSR count). The number of amides is 1. The molecule has 3 N–H and O–H groups in total. The maximum atomic E-state index is 11.9. The summed E-state index contributed by atoms with van der Waals surface area (Å²) in [5, 5.41) is 2.91. The molecule has 1 aromatic carbocycles. The zero-order chi connectivity index (χ0) is 13.6. The topological polar surface area (TPSA) is 55.1 Å². The molecule has 0 aliphatic rings. The van der Waals surface area contributed by atoms with Crippen molar-refractivity contribution in [2.24, 2.45) is 11.1 Å². The van der Waals surface area contributed by atoms with Gasteiger partial charge in [0.05, 0.1) is 5.69 Å². The quantitative estimate of drug-likeness (QED) is 0.844. The van der Waals surface area contributed by atoms with Gasteiger partial charge in [-0.25, -0.2) is 0 Å². The van der Waals surface area contributed by atoms with Gasteiger partial charge in [0.15, 0.2) is 0 Å². The van der Waals surface area contributed by atoms with Gasteiger partial charge in [-0.2, -0.15) is 0 Å². The molecule has 0 aliphatic heterocycles. The SMILES string of the molecule is CC(C)(CCN)CCC(=O)Nc1ccccc1Br. The second kappa shape index (κ2) is 6.90. The van der Waals surface area contributed by atoms with Gasteiger partial charge in [-0.05, 0) is 52.9 Å². The molecule has 0 bridgehead atoms. The van der Waals surface area contributed by atoms with Crippen molar-refractivity contribution in [1.82, 2.24) is 0 Å². The van der Waals surface area contributed by atoms with E-state index in [1.807, 2.05) is 24.3 Å². The van der Waals surface area contributed by atoms with Gasteiger partial charge in [0, 0.05) is 10.9 Å².